The minimum absolute atomic E-state index is 0.380. The number of para-hydroxylation sites is 1. The van der Waals surface area contributed by atoms with Gasteiger partial charge in [0.05, 0.1) is 5.56 Å². The Kier molecular flexibility index (Phi) is 4.38. The van der Waals surface area contributed by atoms with Crippen LogP contribution in [0.3, 0.4) is 0 Å². The van der Waals surface area contributed by atoms with Crippen LogP contribution in [0, 0.1) is 6.92 Å². The maximum Gasteiger partial charge on any atom is 0.252 e. The molecule has 0 saturated carbocycles. The van der Waals surface area contributed by atoms with E-state index in [9.17, 15) is 4.79 Å². The van der Waals surface area contributed by atoms with Crippen molar-refractivity contribution < 1.29 is 9.53 Å². The number of aryl methyl sites for hydroxylation is 1. The number of hydrogen-bond acceptors (Lipinski definition) is 3. The monoisotopic (exact) mass is 270 g/mol. The number of ether oxygens (including phenoxy) is 1. The van der Waals surface area contributed by atoms with Gasteiger partial charge in [-0.15, -0.1) is 0 Å². The lowest BCUT2D eigenvalue weighted by atomic mass is 10.1. The van der Waals surface area contributed by atoms with E-state index in [-0.39, 0.29) is 0 Å². The van der Waals surface area contributed by atoms with Crippen molar-refractivity contribution in [1.29, 1.82) is 0 Å². The molecule has 0 atom stereocenters. The summed E-state index contributed by atoms with van der Waals surface area (Å²) in [6.07, 6.45) is 0. The van der Waals surface area contributed by atoms with E-state index in [2.05, 4.69) is 5.32 Å². The van der Waals surface area contributed by atoms with E-state index in [0.29, 0.717) is 11.3 Å². The van der Waals surface area contributed by atoms with E-state index in [1.54, 1.807) is 18.2 Å². The largest absolute Gasteiger partial charge is 0.456 e. The van der Waals surface area contributed by atoms with Crippen LogP contribution in [0.25, 0.3) is 0 Å². The van der Waals surface area contributed by atoms with E-state index in [0.717, 1.165) is 23.4 Å². The van der Waals surface area contributed by atoms with Gasteiger partial charge in [-0.1, -0.05) is 24.3 Å². The van der Waals surface area contributed by atoms with Crippen LogP contribution < -0.4 is 15.8 Å². The molecule has 0 radical (unpaired) electrons. The number of benzene rings is 2. The Morgan fingerprint density at radius 3 is 2.65 bits per heavy atom. The summed E-state index contributed by atoms with van der Waals surface area (Å²) in [4.78, 5) is 11.4. The fourth-order valence-corrected chi connectivity index (χ4v) is 1.95. The van der Waals surface area contributed by atoms with Gasteiger partial charge < -0.3 is 15.8 Å². The minimum atomic E-state index is -0.496. The smallest absolute Gasteiger partial charge is 0.252 e. The van der Waals surface area contributed by atoms with E-state index in [1.807, 2.05) is 38.2 Å². The van der Waals surface area contributed by atoms with E-state index in [4.69, 9.17) is 10.5 Å². The molecule has 0 heterocycles. The van der Waals surface area contributed by atoms with Crippen LogP contribution in [-0.2, 0) is 6.54 Å². The molecule has 0 aliphatic heterocycles. The molecule has 0 aromatic heterocycles. The van der Waals surface area contributed by atoms with E-state index in [1.165, 1.54) is 0 Å². The zero-order valence-corrected chi connectivity index (χ0v) is 11.6. The van der Waals surface area contributed by atoms with Crippen LogP contribution in [0.5, 0.6) is 11.5 Å². The highest BCUT2D eigenvalue weighted by molar-refractivity contribution is 5.95. The molecule has 0 spiro atoms. The molecule has 0 bridgehead atoms. The number of rotatable bonds is 5. The van der Waals surface area contributed by atoms with Gasteiger partial charge >= 0.3 is 0 Å². The van der Waals surface area contributed by atoms with Gasteiger partial charge in [-0.05, 0) is 43.3 Å². The first-order valence-electron chi connectivity index (χ1n) is 6.42. The fraction of sp³-hybridized carbons (Fsp3) is 0.188. The predicted molar refractivity (Wildman–Crippen MR) is 79.0 cm³/mol. The number of nitrogens with two attached hydrogens (primary N) is 1. The van der Waals surface area contributed by atoms with Crippen LogP contribution in [0.2, 0.25) is 0 Å². The first-order chi connectivity index (χ1) is 9.61. The molecule has 0 saturated heterocycles. The first kappa shape index (κ1) is 14.1. The third-order valence-electron chi connectivity index (χ3n) is 3.01. The zero-order chi connectivity index (χ0) is 14.5. The second kappa shape index (κ2) is 6.21. The van der Waals surface area contributed by atoms with Crippen LogP contribution in [0.15, 0.2) is 42.5 Å². The minimum Gasteiger partial charge on any atom is -0.456 e. The Morgan fingerprint density at radius 1 is 1.20 bits per heavy atom. The third kappa shape index (κ3) is 3.16. The highest BCUT2D eigenvalue weighted by Crippen LogP contribution is 2.28. The van der Waals surface area contributed by atoms with Crippen molar-refractivity contribution >= 4 is 5.91 Å². The number of hydrogen-bond donors (Lipinski definition) is 2. The summed E-state index contributed by atoms with van der Waals surface area (Å²) in [5, 5.41) is 3.09. The van der Waals surface area contributed by atoms with Gasteiger partial charge in [-0.3, -0.25) is 4.79 Å². The summed E-state index contributed by atoms with van der Waals surface area (Å²) in [6.45, 7) is 2.72. The normalized spacial score (nSPS) is 10.3. The summed E-state index contributed by atoms with van der Waals surface area (Å²) in [6, 6.07) is 13.0. The van der Waals surface area contributed by atoms with Gasteiger partial charge in [-0.25, -0.2) is 0 Å². The average molecular weight is 270 g/mol. The summed E-state index contributed by atoms with van der Waals surface area (Å²) in [5.74, 6) is 0.709. The molecule has 4 nitrogen and oxygen atoms in total. The molecular weight excluding hydrogens is 252 g/mol. The van der Waals surface area contributed by atoms with Gasteiger partial charge in [0.2, 0.25) is 0 Å². The standard InChI is InChI=1S/C16H18N2O2/c1-11-7-8-12(10-18-2)9-15(11)20-14-6-4-3-5-13(14)16(17)19/h3-9,18H,10H2,1-2H3,(H2,17,19). The molecule has 20 heavy (non-hydrogen) atoms. The van der Waals surface area contributed by atoms with Crippen molar-refractivity contribution in [1.82, 2.24) is 5.32 Å². The lowest BCUT2D eigenvalue weighted by Crippen LogP contribution is -2.12. The molecular formula is C16H18N2O2. The summed E-state index contributed by atoms with van der Waals surface area (Å²) in [5.41, 5.74) is 7.85. The second-order valence-electron chi connectivity index (χ2n) is 4.59. The summed E-state index contributed by atoms with van der Waals surface area (Å²) < 4.78 is 5.86. The van der Waals surface area contributed by atoms with E-state index >= 15 is 0 Å². The SMILES string of the molecule is CNCc1ccc(C)c(Oc2ccccc2C(N)=O)c1. The summed E-state index contributed by atoms with van der Waals surface area (Å²) >= 11 is 0. The Labute approximate surface area is 118 Å². The van der Waals surface area contributed by atoms with Crippen molar-refractivity contribution in [3.05, 3.63) is 59.2 Å². The van der Waals surface area contributed by atoms with Gasteiger partial charge in [0.25, 0.3) is 5.91 Å². The molecule has 0 fully saturated rings. The first-order valence-corrected chi connectivity index (χ1v) is 6.42. The van der Waals surface area contributed by atoms with Crippen LogP contribution >= 0.6 is 0 Å². The average Bonchev–Trinajstić information content (AvgIpc) is 2.43. The molecule has 104 valence electrons. The Hall–Kier alpha value is -2.33. The molecule has 0 aliphatic carbocycles. The number of amides is 1. The molecule has 1 amide bonds. The maximum atomic E-state index is 11.4. The summed E-state index contributed by atoms with van der Waals surface area (Å²) in [7, 11) is 1.89. The van der Waals surface area contributed by atoms with Crippen molar-refractivity contribution in [3.8, 4) is 11.5 Å². The Morgan fingerprint density at radius 2 is 1.95 bits per heavy atom. The molecule has 2 aromatic rings. The van der Waals surface area contributed by atoms with E-state index < -0.39 is 5.91 Å². The van der Waals surface area contributed by atoms with Crippen LogP contribution in [0.1, 0.15) is 21.5 Å². The number of carbonyl (C=O) groups excluding carboxylic acids is 1. The van der Waals surface area contributed by atoms with Gasteiger partial charge in [0, 0.05) is 6.54 Å². The molecule has 2 rings (SSSR count). The molecule has 4 heteroatoms. The highest BCUT2D eigenvalue weighted by atomic mass is 16.5. The fourth-order valence-electron chi connectivity index (χ4n) is 1.95. The molecule has 0 unspecified atom stereocenters. The van der Waals surface area contributed by atoms with Gasteiger partial charge in [0.15, 0.2) is 0 Å². The van der Waals surface area contributed by atoms with Crippen molar-refractivity contribution in [3.63, 3.8) is 0 Å². The number of nitrogens with one attached hydrogen (secondary N) is 1. The molecule has 3 N–H and O–H groups in total. The third-order valence-corrected chi connectivity index (χ3v) is 3.01. The Bertz CT molecular complexity index is 624. The maximum absolute atomic E-state index is 11.4. The van der Waals surface area contributed by atoms with Crippen molar-refractivity contribution in [2.24, 2.45) is 5.73 Å². The lowest BCUT2D eigenvalue weighted by molar-refractivity contribution is 0.0998. The van der Waals surface area contributed by atoms with Crippen LogP contribution in [0.4, 0.5) is 0 Å². The lowest BCUT2D eigenvalue weighted by Gasteiger charge is -2.12. The number of carbonyl (C=O) groups is 1. The zero-order valence-electron chi connectivity index (χ0n) is 11.6. The van der Waals surface area contributed by atoms with Gasteiger partial charge in [-0.2, -0.15) is 0 Å². The number of primary amides is 1. The predicted octanol–water partition coefficient (Wildman–Crippen LogP) is 2.61. The molecule has 0 aliphatic rings. The highest BCUT2D eigenvalue weighted by Gasteiger charge is 2.10. The topological polar surface area (TPSA) is 64.3 Å². The van der Waals surface area contributed by atoms with Crippen molar-refractivity contribution in [2.45, 2.75) is 13.5 Å². The van der Waals surface area contributed by atoms with Gasteiger partial charge in [0.1, 0.15) is 11.5 Å². The second-order valence-corrected chi connectivity index (χ2v) is 4.59. The quantitative estimate of drug-likeness (QED) is 0.877. The molecule has 2 aromatic carbocycles. The Balaban J connectivity index is 2.34. The van der Waals surface area contributed by atoms with Crippen LogP contribution in [-0.4, -0.2) is 13.0 Å². The van der Waals surface area contributed by atoms with Crippen molar-refractivity contribution in [2.75, 3.05) is 7.05 Å².